The van der Waals surface area contributed by atoms with Crippen LogP contribution in [0.1, 0.15) is 128 Å². The molecule has 0 atom stereocenters. The zero-order valence-electron chi connectivity index (χ0n) is 63.9. The van der Waals surface area contributed by atoms with Gasteiger partial charge in [-0.05, 0) is 256 Å². The van der Waals surface area contributed by atoms with Crippen molar-refractivity contribution in [2.24, 2.45) is 0 Å². The van der Waals surface area contributed by atoms with Gasteiger partial charge in [-0.25, -0.2) is 40.0 Å². The minimum absolute atomic E-state index is 0.205. The van der Waals surface area contributed by atoms with E-state index in [1.807, 2.05) is 158 Å². The predicted molar refractivity (Wildman–Crippen MR) is 451 cm³/mol. The second-order valence-corrected chi connectivity index (χ2v) is 39.0. The van der Waals surface area contributed by atoms with E-state index in [4.69, 9.17) is 6.57 Å². The molecule has 0 amide bonds. The average Bonchev–Trinajstić information content (AvgIpc) is 0.883. The van der Waals surface area contributed by atoms with Crippen molar-refractivity contribution in [3.05, 3.63) is 248 Å². The first kappa shape index (κ1) is 72.1. The summed E-state index contributed by atoms with van der Waals surface area (Å²) in [5.41, 5.74) is 6.08. The highest BCUT2D eigenvalue weighted by Crippen LogP contribution is 2.55. The van der Waals surface area contributed by atoms with Crippen LogP contribution in [0.25, 0.3) is 25.0 Å². The van der Waals surface area contributed by atoms with Gasteiger partial charge in [-0.1, -0.05) is 131 Å². The molecule has 2 aromatic heterocycles. The van der Waals surface area contributed by atoms with E-state index >= 15 is 35.1 Å². The highest BCUT2D eigenvalue weighted by atomic mass is 32.2. The number of hydrogen-bond donors (Lipinski definition) is 0. The highest BCUT2D eigenvalue weighted by molar-refractivity contribution is 8.01. The summed E-state index contributed by atoms with van der Waals surface area (Å²) >= 11 is 6.13. The van der Waals surface area contributed by atoms with E-state index in [1.54, 1.807) is 52.3 Å². The van der Waals surface area contributed by atoms with Crippen molar-refractivity contribution in [1.29, 1.82) is 5.26 Å². The number of nitriles is 1. The van der Waals surface area contributed by atoms with Crippen molar-refractivity contribution in [1.82, 2.24) is 0 Å². The summed E-state index contributed by atoms with van der Waals surface area (Å²) in [6.07, 6.45) is 0. The lowest BCUT2D eigenvalue weighted by Crippen LogP contribution is -2.66. The van der Waals surface area contributed by atoms with Crippen LogP contribution in [0.5, 0.6) is 0 Å². The summed E-state index contributed by atoms with van der Waals surface area (Å²) in [6.45, 7) is 33.8. The molecule has 19 rings (SSSR count). The van der Waals surface area contributed by atoms with Crippen LogP contribution in [-0.2, 0) is 21.7 Å². The van der Waals surface area contributed by atoms with Crippen LogP contribution >= 0.6 is 46.2 Å². The number of benzene rings is 11. The zero-order chi connectivity index (χ0) is 78.8. The Hall–Kier alpha value is -10.1. The number of fused-ring (bicyclic) bond motifs is 16. The number of thiophene rings is 2. The van der Waals surface area contributed by atoms with Gasteiger partial charge in [0.05, 0.1) is 18.2 Å². The Balaban J connectivity index is 0.996. The quantitative estimate of drug-likeness (QED) is 0.0988. The second kappa shape index (κ2) is 24.4. The summed E-state index contributed by atoms with van der Waals surface area (Å²) < 4.78 is 152. The van der Waals surface area contributed by atoms with Crippen molar-refractivity contribution in [3.8, 4) is 6.07 Å². The summed E-state index contributed by atoms with van der Waals surface area (Å²) in [5, 5.41) is 12.1. The summed E-state index contributed by atoms with van der Waals surface area (Å²) in [6, 6.07) is 43.5. The molecular weight excluding hydrogens is 1490 g/mol. The van der Waals surface area contributed by atoms with Gasteiger partial charge in [0.15, 0.2) is 52.2 Å². The molecule has 0 spiro atoms. The Labute approximate surface area is 662 Å². The molecule has 6 nitrogen and oxygen atoms in total. The molecule has 112 heavy (non-hydrogen) atoms. The minimum atomic E-state index is -1.07. The Bertz CT molecular complexity index is 6100. The Morgan fingerprint density at radius 3 is 0.982 bits per heavy atom. The lowest BCUT2D eigenvalue weighted by molar-refractivity contribution is 0.546. The van der Waals surface area contributed by atoms with Crippen molar-refractivity contribution in [3.63, 3.8) is 0 Å². The molecule has 6 aliphatic heterocycles. The maximum Gasteiger partial charge on any atom is 0.262 e. The van der Waals surface area contributed by atoms with Gasteiger partial charge in [0.2, 0.25) is 0 Å². The van der Waals surface area contributed by atoms with E-state index < -0.39 is 99.7 Å². The van der Waals surface area contributed by atoms with Gasteiger partial charge in [0.25, 0.3) is 20.1 Å². The zero-order valence-corrected chi connectivity index (χ0v) is 67.2. The molecule has 13 aromatic rings. The van der Waals surface area contributed by atoms with Crippen LogP contribution in [-0.4, -0.2) is 20.1 Å². The fraction of sp³-hybridized carbons (Fsp3) is 0.209. The van der Waals surface area contributed by atoms with Gasteiger partial charge < -0.3 is 19.6 Å². The monoisotopic (exact) mass is 1560 g/mol. The number of rotatable bonds is 4. The second-order valence-electron chi connectivity index (χ2n) is 34.8. The Kier molecular flexibility index (Phi) is 15.7. The molecule has 0 fully saturated rings. The molecule has 21 heteroatoms. The van der Waals surface area contributed by atoms with Crippen molar-refractivity contribution in [2.45, 2.75) is 145 Å². The molecule has 0 bridgehead atoms. The van der Waals surface area contributed by atoms with Crippen LogP contribution in [0.3, 0.4) is 0 Å². The smallest absolute Gasteiger partial charge is 0.262 e. The van der Waals surface area contributed by atoms with Crippen molar-refractivity contribution < 1.29 is 35.1 Å². The minimum Gasteiger partial charge on any atom is -0.306 e. The van der Waals surface area contributed by atoms with Crippen molar-refractivity contribution in [2.75, 3.05) is 19.6 Å². The summed E-state index contributed by atoms with van der Waals surface area (Å²) in [5.74, 6) is -7.18. The standard InChI is InChI=1S/C91H69B3F8N6S4/c1-42-21-69-77-70(22-42)106(81-59(97)30-47(31-60(81)98)89(7,8)9)66-40-68-56(94-79-72(108(68)83-63(101)34-49(35-64(83)102)91(13,14)15)24-44(3)26-76(79)110-85-52-36-50(104-16)18-20-74(52)112-87(85)94)38-54(66)92(77)53-37-55-67(39-65(53)105(69)80-57(95)28-46(29-58(80)96)88(4,5)6)107(82-61(99)32-48(33-62(82)100)90(10,11)12)71-23-43(2)25-75-78(71)93(55)86-84(109-75)51-27-45(41-103)17-19-73(51)111-86/h17-40H,1-15H3. The van der Waals surface area contributed by atoms with Gasteiger partial charge in [0.1, 0.15) is 22.7 Å². The van der Waals surface area contributed by atoms with Crippen molar-refractivity contribution >= 4 is 208 Å². The van der Waals surface area contributed by atoms with E-state index in [1.165, 1.54) is 93.2 Å². The summed E-state index contributed by atoms with van der Waals surface area (Å²) in [7, 11) is 0. The van der Waals surface area contributed by atoms with Crippen LogP contribution in [0, 0.1) is 85.2 Å². The maximum atomic E-state index is 18.7. The van der Waals surface area contributed by atoms with Crippen LogP contribution < -0.4 is 67.4 Å². The number of hydrogen-bond acceptors (Lipinski definition) is 9. The predicted octanol–water partition coefficient (Wildman–Crippen LogP) is 21.4. The van der Waals surface area contributed by atoms with E-state index in [-0.39, 0.29) is 39.8 Å². The fourth-order valence-electron chi connectivity index (χ4n) is 17.7. The number of aryl methyl sites for hydroxylation is 3. The molecule has 0 saturated heterocycles. The van der Waals surface area contributed by atoms with E-state index in [0.717, 1.165) is 71.4 Å². The first-order valence-corrected chi connectivity index (χ1v) is 40.5. The molecule has 8 heterocycles. The van der Waals surface area contributed by atoms with E-state index in [9.17, 15) is 5.26 Å². The molecule has 6 aliphatic rings. The van der Waals surface area contributed by atoms with Crippen LogP contribution in [0.15, 0.2) is 165 Å². The molecule has 0 N–H and O–H groups in total. The Morgan fingerprint density at radius 1 is 0.357 bits per heavy atom. The summed E-state index contributed by atoms with van der Waals surface area (Å²) in [4.78, 5) is 13.5. The van der Waals surface area contributed by atoms with Gasteiger partial charge in [-0.2, -0.15) is 5.26 Å². The third-order valence-electron chi connectivity index (χ3n) is 23.2. The maximum absolute atomic E-state index is 18.7. The van der Waals surface area contributed by atoms with Gasteiger partial charge in [-0.15, -0.1) is 22.7 Å². The SMILES string of the molecule is [C-]#[N+]c1ccc2sc3c(c2c1)Sc1cc(C)cc2c1B3c1cc3c(cc1N2c1c(F)cc(C(C)(C)C)cc1F)N(c1c(F)cc(C(C)(C)C)cc1F)c1cc(C)cc2c1B3c1cc3c(cc1N2c1c(F)cc(C(C)(C)C)cc1F)N(c1c(F)cc(C(C)(C)C)cc1F)c1cc(C)cc2c1B3c1sc3ccc(C#N)cc3c1S2. The lowest BCUT2D eigenvalue weighted by atomic mass is 9.30. The normalized spacial score (nSPS) is 14.3. The third-order valence-corrected chi connectivity index (χ3v) is 28.3. The van der Waals surface area contributed by atoms with E-state index in [2.05, 4.69) is 23.0 Å². The molecule has 0 unspecified atom stereocenters. The lowest BCUT2D eigenvalue weighted by Gasteiger charge is -2.47. The van der Waals surface area contributed by atoms with Gasteiger partial charge >= 0.3 is 0 Å². The third kappa shape index (κ3) is 10.6. The van der Waals surface area contributed by atoms with Crippen LogP contribution in [0.2, 0.25) is 0 Å². The fourth-order valence-corrected chi connectivity index (χ4v) is 23.4. The largest absolute Gasteiger partial charge is 0.306 e. The molecule has 0 radical (unpaired) electrons. The number of anilines is 12. The molecule has 11 aromatic carbocycles. The average molecular weight is 1560 g/mol. The highest BCUT2D eigenvalue weighted by Gasteiger charge is 2.53. The number of nitrogens with zero attached hydrogens (tertiary/aromatic N) is 6. The molecule has 0 saturated carbocycles. The van der Waals surface area contributed by atoms with E-state index in [0.29, 0.717) is 83.4 Å². The van der Waals surface area contributed by atoms with Gasteiger partial charge in [-0.3, -0.25) is 0 Å². The van der Waals surface area contributed by atoms with Gasteiger partial charge in [0, 0.05) is 79.9 Å². The first-order chi connectivity index (χ1) is 53.0. The van der Waals surface area contributed by atoms with Crippen LogP contribution in [0.4, 0.5) is 109 Å². The first-order valence-electron chi connectivity index (χ1n) is 37.2. The molecule has 552 valence electrons. The molecule has 0 aliphatic carbocycles. The molecular formula is C91H69B3F8N6S4. The Morgan fingerprint density at radius 2 is 0.661 bits per heavy atom. The number of halogens is 8. The topological polar surface area (TPSA) is 41.1 Å².